The maximum Gasteiger partial charge on any atom is 0.415 e. The lowest BCUT2D eigenvalue weighted by molar-refractivity contribution is -0.121. The summed E-state index contributed by atoms with van der Waals surface area (Å²) in [6, 6.07) is 8.75. The maximum atomic E-state index is 11.6. The summed E-state index contributed by atoms with van der Waals surface area (Å²) in [5.41, 5.74) is 0. The average Bonchev–Trinajstić information content (AvgIpc) is 2.37. The van der Waals surface area contributed by atoms with Crippen LogP contribution in [-0.2, 0) is 4.79 Å². The van der Waals surface area contributed by atoms with Crippen LogP contribution >= 0.6 is 0 Å². The molecule has 98 valence electrons. The lowest BCUT2D eigenvalue weighted by atomic mass is 10.3. The fraction of sp³-hybridized carbons (Fsp3) is 0.385. The van der Waals surface area contributed by atoms with E-state index in [0.29, 0.717) is 12.3 Å². The standard InChI is InChI=1S/C13H18N2O3/c1-3-9-14-12(16)10-15(2)13(17)18-11-7-5-4-6-8-11/h4-8H,3,9-10H2,1-2H3,(H,14,16). The second-order valence-corrected chi connectivity index (χ2v) is 3.89. The molecule has 0 saturated carbocycles. The van der Waals surface area contributed by atoms with Crippen LogP contribution in [0.1, 0.15) is 13.3 Å². The van der Waals surface area contributed by atoms with Crippen LogP contribution in [0.3, 0.4) is 0 Å². The number of hydrogen-bond donors (Lipinski definition) is 1. The molecular formula is C13H18N2O3. The molecule has 1 N–H and O–H groups in total. The Kier molecular flexibility index (Phi) is 5.70. The first-order valence-corrected chi connectivity index (χ1v) is 5.88. The van der Waals surface area contributed by atoms with Crippen LogP contribution in [0.5, 0.6) is 5.75 Å². The van der Waals surface area contributed by atoms with Crippen molar-refractivity contribution in [3.8, 4) is 5.75 Å². The van der Waals surface area contributed by atoms with Crippen LogP contribution in [0.25, 0.3) is 0 Å². The van der Waals surface area contributed by atoms with Gasteiger partial charge in [-0.15, -0.1) is 0 Å². The Morgan fingerprint density at radius 3 is 2.56 bits per heavy atom. The zero-order valence-corrected chi connectivity index (χ0v) is 10.7. The van der Waals surface area contributed by atoms with E-state index in [4.69, 9.17) is 4.74 Å². The molecule has 0 aliphatic carbocycles. The summed E-state index contributed by atoms with van der Waals surface area (Å²) in [5, 5.41) is 2.69. The van der Waals surface area contributed by atoms with Crippen LogP contribution in [0.4, 0.5) is 4.79 Å². The first-order chi connectivity index (χ1) is 8.63. The van der Waals surface area contributed by atoms with Gasteiger partial charge in [-0.1, -0.05) is 25.1 Å². The van der Waals surface area contributed by atoms with E-state index in [1.807, 2.05) is 13.0 Å². The molecule has 1 aromatic rings. The van der Waals surface area contributed by atoms with Gasteiger partial charge in [0.25, 0.3) is 0 Å². The van der Waals surface area contributed by atoms with E-state index < -0.39 is 6.09 Å². The molecule has 5 heteroatoms. The molecule has 1 rings (SSSR count). The number of hydrogen-bond acceptors (Lipinski definition) is 3. The second kappa shape index (κ2) is 7.32. The van der Waals surface area contributed by atoms with Crippen molar-refractivity contribution in [3.05, 3.63) is 30.3 Å². The van der Waals surface area contributed by atoms with E-state index >= 15 is 0 Å². The van der Waals surface area contributed by atoms with Crippen molar-refractivity contribution in [2.24, 2.45) is 0 Å². The van der Waals surface area contributed by atoms with E-state index in [1.54, 1.807) is 24.3 Å². The van der Waals surface area contributed by atoms with E-state index in [2.05, 4.69) is 5.32 Å². The molecule has 0 spiro atoms. The Morgan fingerprint density at radius 2 is 1.94 bits per heavy atom. The third-order valence-corrected chi connectivity index (χ3v) is 2.21. The third-order valence-electron chi connectivity index (χ3n) is 2.21. The summed E-state index contributed by atoms with van der Waals surface area (Å²) < 4.78 is 5.09. The minimum absolute atomic E-state index is 0.00827. The van der Waals surface area contributed by atoms with Crippen molar-refractivity contribution in [1.29, 1.82) is 0 Å². The smallest absolute Gasteiger partial charge is 0.410 e. The number of amides is 2. The highest BCUT2D eigenvalue weighted by Crippen LogP contribution is 2.09. The lowest BCUT2D eigenvalue weighted by Gasteiger charge is -2.16. The highest BCUT2D eigenvalue weighted by atomic mass is 16.6. The highest BCUT2D eigenvalue weighted by molar-refractivity contribution is 5.82. The number of para-hydroxylation sites is 1. The Labute approximate surface area is 107 Å². The molecule has 5 nitrogen and oxygen atoms in total. The zero-order chi connectivity index (χ0) is 13.4. The minimum Gasteiger partial charge on any atom is -0.410 e. The number of carbonyl (C=O) groups excluding carboxylic acids is 2. The largest absolute Gasteiger partial charge is 0.415 e. The van der Waals surface area contributed by atoms with Crippen LogP contribution in [-0.4, -0.2) is 37.0 Å². The molecule has 0 aliphatic heterocycles. The molecule has 0 unspecified atom stereocenters. The molecule has 18 heavy (non-hydrogen) atoms. The Morgan fingerprint density at radius 1 is 1.28 bits per heavy atom. The lowest BCUT2D eigenvalue weighted by Crippen LogP contribution is -2.39. The van der Waals surface area contributed by atoms with Gasteiger partial charge in [-0.3, -0.25) is 4.79 Å². The van der Waals surface area contributed by atoms with Gasteiger partial charge in [0.15, 0.2) is 0 Å². The molecule has 0 bridgehead atoms. The summed E-state index contributed by atoms with van der Waals surface area (Å²) >= 11 is 0. The topological polar surface area (TPSA) is 58.6 Å². The summed E-state index contributed by atoms with van der Waals surface area (Å²) in [6.07, 6.45) is 0.317. The van der Waals surface area contributed by atoms with Crippen molar-refractivity contribution >= 4 is 12.0 Å². The van der Waals surface area contributed by atoms with Crippen molar-refractivity contribution in [2.75, 3.05) is 20.1 Å². The number of benzene rings is 1. The van der Waals surface area contributed by atoms with Crippen LogP contribution in [0.2, 0.25) is 0 Å². The molecule has 1 aromatic carbocycles. The Hall–Kier alpha value is -2.04. The number of nitrogens with one attached hydrogen (secondary N) is 1. The fourth-order valence-electron chi connectivity index (χ4n) is 1.27. The molecule has 0 radical (unpaired) electrons. The summed E-state index contributed by atoms with van der Waals surface area (Å²) in [6.45, 7) is 2.57. The number of carbonyl (C=O) groups is 2. The van der Waals surface area contributed by atoms with Gasteiger partial charge >= 0.3 is 6.09 Å². The highest BCUT2D eigenvalue weighted by Gasteiger charge is 2.14. The summed E-state index contributed by atoms with van der Waals surface area (Å²) in [5.74, 6) is 0.271. The monoisotopic (exact) mass is 250 g/mol. The molecule has 0 fully saturated rings. The van der Waals surface area contributed by atoms with Gasteiger partial charge in [0.05, 0.1) is 0 Å². The molecule has 0 heterocycles. The van der Waals surface area contributed by atoms with Gasteiger partial charge in [-0.05, 0) is 18.6 Å². The second-order valence-electron chi connectivity index (χ2n) is 3.89. The van der Waals surface area contributed by atoms with E-state index in [-0.39, 0.29) is 12.5 Å². The van der Waals surface area contributed by atoms with Gasteiger partial charge in [0.1, 0.15) is 12.3 Å². The van der Waals surface area contributed by atoms with Gasteiger partial charge in [-0.25, -0.2) is 4.79 Å². The quantitative estimate of drug-likeness (QED) is 0.864. The van der Waals surface area contributed by atoms with Gasteiger partial charge in [0, 0.05) is 13.6 Å². The van der Waals surface area contributed by atoms with E-state index in [0.717, 1.165) is 6.42 Å². The average molecular weight is 250 g/mol. The van der Waals surface area contributed by atoms with Crippen molar-refractivity contribution in [2.45, 2.75) is 13.3 Å². The fourth-order valence-corrected chi connectivity index (χ4v) is 1.27. The van der Waals surface area contributed by atoms with Crippen LogP contribution < -0.4 is 10.1 Å². The molecule has 0 atom stereocenters. The van der Waals surface area contributed by atoms with Crippen LogP contribution in [0.15, 0.2) is 30.3 Å². The number of ether oxygens (including phenoxy) is 1. The van der Waals surface area contributed by atoms with E-state index in [9.17, 15) is 9.59 Å². The third kappa shape index (κ3) is 4.86. The number of likely N-dealkylation sites (N-methyl/N-ethyl adjacent to an activating group) is 1. The van der Waals surface area contributed by atoms with Crippen molar-refractivity contribution in [3.63, 3.8) is 0 Å². The number of nitrogens with zero attached hydrogens (tertiary/aromatic N) is 1. The van der Waals surface area contributed by atoms with Crippen molar-refractivity contribution < 1.29 is 14.3 Å². The first kappa shape index (κ1) is 14.0. The molecule has 2 amide bonds. The first-order valence-electron chi connectivity index (χ1n) is 5.88. The van der Waals surface area contributed by atoms with Gasteiger partial charge in [0.2, 0.25) is 5.91 Å². The Bertz CT molecular complexity index is 392. The Balaban J connectivity index is 2.40. The summed E-state index contributed by atoms with van der Waals surface area (Å²) in [7, 11) is 1.52. The SMILES string of the molecule is CCCNC(=O)CN(C)C(=O)Oc1ccccc1. The maximum absolute atomic E-state index is 11.6. The molecule has 0 aliphatic rings. The summed E-state index contributed by atoms with van der Waals surface area (Å²) in [4.78, 5) is 24.3. The minimum atomic E-state index is -0.548. The van der Waals surface area contributed by atoms with Crippen LogP contribution in [0, 0.1) is 0 Å². The number of rotatable bonds is 5. The molecular weight excluding hydrogens is 232 g/mol. The normalized spacial score (nSPS) is 9.67. The zero-order valence-electron chi connectivity index (χ0n) is 10.7. The predicted molar refractivity (Wildman–Crippen MR) is 68.4 cm³/mol. The van der Waals surface area contributed by atoms with E-state index in [1.165, 1.54) is 11.9 Å². The molecule has 0 saturated heterocycles. The van der Waals surface area contributed by atoms with Gasteiger partial charge < -0.3 is 15.0 Å². The van der Waals surface area contributed by atoms with Gasteiger partial charge in [-0.2, -0.15) is 0 Å². The predicted octanol–water partition coefficient (Wildman–Crippen LogP) is 1.64. The van der Waals surface area contributed by atoms with Crippen molar-refractivity contribution in [1.82, 2.24) is 10.2 Å². The molecule has 0 aromatic heterocycles.